The van der Waals surface area contributed by atoms with E-state index in [4.69, 9.17) is 5.26 Å². The molecule has 0 aliphatic carbocycles. The summed E-state index contributed by atoms with van der Waals surface area (Å²) in [6.07, 6.45) is 3.69. The normalized spacial score (nSPS) is 10.0. The maximum atomic E-state index is 12.5. The molecule has 24 heavy (non-hydrogen) atoms. The molecule has 0 saturated carbocycles. The summed E-state index contributed by atoms with van der Waals surface area (Å²) < 4.78 is 0. The molecule has 0 bridgehead atoms. The lowest BCUT2D eigenvalue weighted by Gasteiger charge is -2.22. The molecule has 2 rings (SSSR count). The number of carbonyl (C=O) groups excluding carboxylic acids is 1. The zero-order valence-electron chi connectivity index (χ0n) is 14.1. The topological polar surface area (TPSA) is 69.0 Å². The summed E-state index contributed by atoms with van der Waals surface area (Å²) in [4.78, 5) is 19.1. The van der Waals surface area contributed by atoms with Gasteiger partial charge in [0.25, 0.3) is 5.91 Å². The number of anilines is 2. The molecule has 1 heterocycles. The molecule has 124 valence electrons. The van der Waals surface area contributed by atoms with E-state index in [1.807, 2.05) is 0 Å². The summed E-state index contributed by atoms with van der Waals surface area (Å²) in [6.45, 7) is 6.06. The van der Waals surface area contributed by atoms with Crippen LogP contribution in [0.5, 0.6) is 0 Å². The van der Waals surface area contributed by atoms with Crippen molar-refractivity contribution in [1.29, 1.82) is 5.26 Å². The summed E-state index contributed by atoms with van der Waals surface area (Å²) in [7, 11) is 0. The molecular weight excluding hydrogens is 300 g/mol. The van der Waals surface area contributed by atoms with E-state index < -0.39 is 0 Å². The molecule has 0 aliphatic heterocycles. The van der Waals surface area contributed by atoms with E-state index in [-0.39, 0.29) is 5.91 Å². The highest BCUT2D eigenvalue weighted by molar-refractivity contribution is 6.05. The lowest BCUT2D eigenvalue weighted by Crippen LogP contribution is -2.26. The Balaban J connectivity index is 2.21. The second-order valence-electron chi connectivity index (χ2n) is 5.50. The fourth-order valence-corrected chi connectivity index (χ4v) is 2.50. The van der Waals surface area contributed by atoms with Gasteiger partial charge >= 0.3 is 0 Å². The van der Waals surface area contributed by atoms with E-state index in [9.17, 15) is 4.79 Å². The molecule has 0 aliphatic rings. The number of hydrogen-bond acceptors (Lipinski definition) is 4. The Kier molecular flexibility index (Phi) is 6.32. The monoisotopic (exact) mass is 322 g/mol. The maximum absolute atomic E-state index is 12.5. The van der Waals surface area contributed by atoms with Gasteiger partial charge in [-0.25, -0.2) is 4.98 Å². The Morgan fingerprint density at radius 1 is 1.21 bits per heavy atom. The van der Waals surface area contributed by atoms with Crippen molar-refractivity contribution in [2.75, 3.05) is 23.3 Å². The number of para-hydroxylation sites is 1. The van der Waals surface area contributed by atoms with Gasteiger partial charge in [0.05, 0.1) is 11.3 Å². The number of pyridine rings is 1. The minimum absolute atomic E-state index is 0.241. The van der Waals surface area contributed by atoms with Crippen molar-refractivity contribution in [1.82, 2.24) is 4.98 Å². The molecule has 0 fully saturated rings. The van der Waals surface area contributed by atoms with Gasteiger partial charge in [-0.05, 0) is 37.1 Å². The number of hydrogen-bond donors (Lipinski definition) is 1. The molecule has 0 saturated heterocycles. The van der Waals surface area contributed by atoms with Gasteiger partial charge in [-0.2, -0.15) is 5.26 Å². The predicted molar refractivity (Wildman–Crippen MR) is 96.1 cm³/mol. The first-order chi connectivity index (χ1) is 11.7. The van der Waals surface area contributed by atoms with Crippen molar-refractivity contribution in [3.05, 3.63) is 53.7 Å². The zero-order chi connectivity index (χ0) is 17.4. The number of nitrogens with one attached hydrogen (secondary N) is 1. The summed E-state index contributed by atoms with van der Waals surface area (Å²) in [5.41, 5.74) is 1.49. The number of amides is 1. The molecule has 5 heteroatoms. The van der Waals surface area contributed by atoms with E-state index in [2.05, 4.69) is 35.1 Å². The van der Waals surface area contributed by atoms with Crippen LogP contribution in [-0.4, -0.2) is 24.0 Å². The van der Waals surface area contributed by atoms with Crippen LogP contribution in [-0.2, 0) is 0 Å². The number of nitrogens with zero attached hydrogens (tertiary/aromatic N) is 3. The second-order valence-corrected chi connectivity index (χ2v) is 5.50. The fraction of sp³-hybridized carbons (Fsp3) is 0.316. The molecule has 1 N–H and O–H groups in total. The van der Waals surface area contributed by atoms with Crippen LogP contribution in [0.1, 0.15) is 42.6 Å². The highest BCUT2D eigenvalue weighted by Gasteiger charge is 2.12. The molecule has 0 atom stereocenters. The Morgan fingerprint density at radius 3 is 2.58 bits per heavy atom. The average Bonchev–Trinajstić information content (AvgIpc) is 2.62. The average molecular weight is 322 g/mol. The molecule has 0 unspecified atom stereocenters. The Morgan fingerprint density at radius 2 is 1.92 bits per heavy atom. The molecule has 1 amide bonds. The Bertz CT molecular complexity index is 730. The molecule has 0 spiro atoms. The van der Waals surface area contributed by atoms with Crippen molar-refractivity contribution >= 4 is 17.4 Å². The minimum atomic E-state index is -0.241. The van der Waals surface area contributed by atoms with Gasteiger partial charge in [0.2, 0.25) is 0 Å². The highest BCUT2D eigenvalue weighted by atomic mass is 16.1. The highest BCUT2D eigenvalue weighted by Crippen LogP contribution is 2.17. The van der Waals surface area contributed by atoms with Gasteiger partial charge in [0.15, 0.2) is 0 Å². The fourth-order valence-electron chi connectivity index (χ4n) is 2.50. The number of benzene rings is 1. The Labute approximate surface area is 142 Å². The third-order valence-electron chi connectivity index (χ3n) is 3.61. The zero-order valence-corrected chi connectivity index (χ0v) is 14.1. The molecule has 5 nitrogen and oxygen atoms in total. The summed E-state index contributed by atoms with van der Waals surface area (Å²) in [5, 5.41) is 11.9. The number of rotatable bonds is 7. The maximum Gasteiger partial charge on any atom is 0.255 e. The quantitative estimate of drug-likeness (QED) is 0.841. The first-order valence-electron chi connectivity index (χ1n) is 8.21. The van der Waals surface area contributed by atoms with Crippen LogP contribution in [0.3, 0.4) is 0 Å². The van der Waals surface area contributed by atoms with E-state index in [1.54, 1.807) is 42.6 Å². The smallest absolute Gasteiger partial charge is 0.255 e. The number of nitriles is 1. The number of carbonyl (C=O) groups is 1. The third kappa shape index (κ3) is 4.32. The number of aromatic nitrogens is 1. The lowest BCUT2D eigenvalue weighted by atomic mass is 10.1. The van der Waals surface area contributed by atoms with E-state index in [1.165, 1.54) is 0 Å². The van der Waals surface area contributed by atoms with Gasteiger partial charge in [-0.3, -0.25) is 4.79 Å². The summed E-state index contributed by atoms with van der Waals surface area (Å²) >= 11 is 0. The molecule has 1 aromatic carbocycles. The SMILES string of the molecule is CCCN(CCC)c1cc(C(=O)Nc2ccccc2C#N)ccn1. The van der Waals surface area contributed by atoms with E-state index in [0.717, 1.165) is 31.7 Å². The lowest BCUT2D eigenvalue weighted by molar-refractivity contribution is 0.102. The molecule has 1 aromatic heterocycles. The molecule has 2 aromatic rings. The standard InChI is InChI=1S/C19H22N4O/c1-3-11-23(12-4-2)18-13-15(9-10-21-18)19(24)22-17-8-6-5-7-16(17)14-20/h5-10,13H,3-4,11-12H2,1-2H3,(H,22,24). The van der Waals surface area contributed by atoms with Gasteiger partial charge in [0.1, 0.15) is 11.9 Å². The second kappa shape index (κ2) is 8.68. The van der Waals surface area contributed by atoms with Gasteiger partial charge in [0, 0.05) is 24.8 Å². The van der Waals surface area contributed by atoms with Crippen LogP contribution < -0.4 is 10.2 Å². The third-order valence-corrected chi connectivity index (χ3v) is 3.61. The van der Waals surface area contributed by atoms with Crippen molar-refractivity contribution in [2.45, 2.75) is 26.7 Å². The van der Waals surface area contributed by atoms with Crippen LogP contribution >= 0.6 is 0 Å². The van der Waals surface area contributed by atoms with Crippen molar-refractivity contribution in [3.8, 4) is 6.07 Å². The summed E-state index contributed by atoms with van der Waals surface area (Å²) in [6, 6.07) is 12.5. The van der Waals surface area contributed by atoms with Gasteiger partial charge < -0.3 is 10.2 Å². The molecule has 0 radical (unpaired) electrons. The molecular formula is C19H22N4O. The van der Waals surface area contributed by atoms with Crippen LogP contribution in [0, 0.1) is 11.3 Å². The van der Waals surface area contributed by atoms with Crippen LogP contribution in [0.15, 0.2) is 42.6 Å². The first-order valence-corrected chi connectivity index (χ1v) is 8.21. The van der Waals surface area contributed by atoms with Crippen LogP contribution in [0.2, 0.25) is 0 Å². The van der Waals surface area contributed by atoms with Crippen LogP contribution in [0.4, 0.5) is 11.5 Å². The van der Waals surface area contributed by atoms with E-state index in [0.29, 0.717) is 16.8 Å². The largest absolute Gasteiger partial charge is 0.357 e. The van der Waals surface area contributed by atoms with Crippen molar-refractivity contribution in [3.63, 3.8) is 0 Å². The minimum Gasteiger partial charge on any atom is -0.357 e. The van der Waals surface area contributed by atoms with Crippen molar-refractivity contribution < 1.29 is 4.79 Å². The van der Waals surface area contributed by atoms with Crippen molar-refractivity contribution in [2.24, 2.45) is 0 Å². The van der Waals surface area contributed by atoms with Gasteiger partial charge in [-0.1, -0.05) is 26.0 Å². The van der Waals surface area contributed by atoms with E-state index >= 15 is 0 Å². The van der Waals surface area contributed by atoms with Gasteiger partial charge in [-0.15, -0.1) is 0 Å². The Hall–Kier alpha value is -2.87. The first kappa shape index (κ1) is 17.5. The summed E-state index contributed by atoms with van der Waals surface area (Å²) in [5.74, 6) is 0.564. The predicted octanol–water partition coefficient (Wildman–Crippen LogP) is 3.83. The van der Waals surface area contributed by atoms with Crippen LogP contribution in [0.25, 0.3) is 0 Å².